The number of amides is 2. The number of fused-ring (bicyclic) bond motifs is 1. The summed E-state index contributed by atoms with van der Waals surface area (Å²) in [5.41, 5.74) is 4.09. The van der Waals surface area contributed by atoms with Crippen LogP contribution in [0, 0.1) is 20.8 Å². The average Bonchev–Trinajstić information content (AvgIpc) is 3.45. The van der Waals surface area contributed by atoms with E-state index in [0.29, 0.717) is 35.9 Å². The topological polar surface area (TPSA) is 102 Å². The molecule has 9 heteroatoms. The predicted molar refractivity (Wildman–Crippen MR) is 132 cm³/mol. The van der Waals surface area contributed by atoms with E-state index in [2.05, 4.69) is 15.6 Å². The fraction of sp³-hybridized carbons (Fsp3) is 0.308. The Hall–Kier alpha value is -3.98. The normalized spacial score (nSPS) is 12.0. The van der Waals surface area contributed by atoms with Gasteiger partial charge in [0.2, 0.25) is 5.91 Å². The molecular formula is C26H29N5O4. The maximum Gasteiger partial charge on any atom is 0.251 e. The van der Waals surface area contributed by atoms with Gasteiger partial charge < -0.3 is 14.5 Å². The number of aryl methyl sites for hydroxylation is 3. The number of para-hydroxylation sites is 1. The zero-order valence-corrected chi connectivity index (χ0v) is 20.3. The lowest BCUT2D eigenvalue weighted by Gasteiger charge is -2.30. The number of nitrogens with zero attached hydrogens (tertiary/aromatic N) is 4. The first kappa shape index (κ1) is 24.2. The molecule has 0 aliphatic heterocycles. The van der Waals surface area contributed by atoms with E-state index in [-0.39, 0.29) is 18.4 Å². The smallest absolute Gasteiger partial charge is 0.251 e. The third-order valence-electron chi connectivity index (χ3n) is 5.89. The molecule has 2 heterocycles. The zero-order valence-electron chi connectivity index (χ0n) is 20.3. The quantitative estimate of drug-likeness (QED) is 0.372. The van der Waals surface area contributed by atoms with E-state index in [1.807, 2.05) is 56.3 Å². The van der Waals surface area contributed by atoms with Gasteiger partial charge >= 0.3 is 0 Å². The molecule has 0 radical (unpaired) electrons. The molecule has 2 aromatic heterocycles. The van der Waals surface area contributed by atoms with Gasteiger partial charge in [0.15, 0.2) is 6.04 Å². The largest absolute Gasteiger partial charge is 0.464 e. The SMILES string of the molecule is COCCNC(=O)[C@H](c1ccc(C)o1)N(C(=O)Cn1nnc2ccccc21)c1ccc(C)c(C)c1. The van der Waals surface area contributed by atoms with Crippen molar-refractivity contribution in [2.75, 3.05) is 25.2 Å². The monoisotopic (exact) mass is 475 g/mol. The van der Waals surface area contributed by atoms with E-state index in [9.17, 15) is 9.59 Å². The first-order valence-electron chi connectivity index (χ1n) is 11.4. The molecule has 35 heavy (non-hydrogen) atoms. The highest BCUT2D eigenvalue weighted by Gasteiger charge is 2.35. The first-order chi connectivity index (χ1) is 16.9. The number of methoxy groups -OCH3 is 1. The minimum Gasteiger partial charge on any atom is -0.464 e. The highest BCUT2D eigenvalue weighted by molar-refractivity contribution is 6.01. The predicted octanol–water partition coefficient (Wildman–Crippen LogP) is 3.49. The molecule has 2 amide bonds. The summed E-state index contributed by atoms with van der Waals surface area (Å²) in [6.45, 7) is 6.31. The summed E-state index contributed by atoms with van der Waals surface area (Å²) in [6, 6.07) is 15.6. The Bertz CT molecular complexity index is 1340. The molecule has 182 valence electrons. The van der Waals surface area contributed by atoms with Crippen LogP contribution in [0.2, 0.25) is 0 Å². The number of furan rings is 1. The van der Waals surface area contributed by atoms with E-state index in [1.54, 1.807) is 30.8 Å². The number of benzene rings is 2. The number of ether oxygens (including phenoxy) is 1. The van der Waals surface area contributed by atoms with Gasteiger partial charge in [-0.1, -0.05) is 23.4 Å². The molecule has 4 aromatic rings. The molecule has 0 aliphatic carbocycles. The van der Waals surface area contributed by atoms with E-state index in [4.69, 9.17) is 9.15 Å². The number of anilines is 1. The molecule has 0 unspecified atom stereocenters. The Balaban J connectivity index is 1.78. The van der Waals surface area contributed by atoms with Crippen molar-refractivity contribution in [1.29, 1.82) is 0 Å². The lowest BCUT2D eigenvalue weighted by Crippen LogP contribution is -2.45. The third kappa shape index (κ3) is 5.25. The molecular weight excluding hydrogens is 446 g/mol. The molecule has 4 rings (SSSR count). The van der Waals surface area contributed by atoms with Gasteiger partial charge in [0.05, 0.1) is 12.1 Å². The second-order valence-electron chi connectivity index (χ2n) is 8.40. The number of rotatable bonds is 9. The first-order valence-corrected chi connectivity index (χ1v) is 11.4. The van der Waals surface area contributed by atoms with Crippen molar-refractivity contribution in [3.63, 3.8) is 0 Å². The van der Waals surface area contributed by atoms with Crippen LogP contribution in [0.4, 0.5) is 5.69 Å². The molecule has 0 saturated heterocycles. The second-order valence-corrected chi connectivity index (χ2v) is 8.40. The van der Waals surface area contributed by atoms with E-state index in [1.165, 1.54) is 4.90 Å². The van der Waals surface area contributed by atoms with E-state index >= 15 is 0 Å². The number of carbonyl (C=O) groups excluding carboxylic acids is 2. The maximum atomic E-state index is 13.9. The summed E-state index contributed by atoms with van der Waals surface area (Å²) in [7, 11) is 1.56. The molecule has 1 N–H and O–H groups in total. The lowest BCUT2D eigenvalue weighted by atomic mass is 10.1. The van der Waals surface area contributed by atoms with Crippen molar-refractivity contribution in [1.82, 2.24) is 20.3 Å². The van der Waals surface area contributed by atoms with Crippen LogP contribution in [0.25, 0.3) is 11.0 Å². The highest BCUT2D eigenvalue weighted by Crippen LogP contribution is 2.31. The molecule has 9 nitrogen and oxygen atoms in total. The van der Waals surface area contributed by atoms with E-state index < -0.39 is 6.04 Å². The Labute approximate surface area is 203 Å². The van der Waals surface area contributed by atoms with Crippen LogP contribution >= 0.6 is 0 Å². The van der Waals surface area contributed by atoms with Gasteiger partial charge in [0.25, 0.3) is 5.91 Å². The molecule has 0 aliphatic rings. The Morgan fingerprint density at radius 2 is 1.89 bits per heavy atom. The minimum absolute atomic E-state index is 0.102. The zero-order chi connectivity index (χ0) is 24.9. The van der Waals surface area contributed by atoms with Gasteiger partial charge in [-0.25, -0.2) is 4.68 Å². The molecule has 0 fully saturated rings. The lowest BCUT2D eigenvalue weighted by molar-refractivity contribution is -0.127. The van der Waals surface area contributed by atoms with Crippen molar-refractivity contribution in [3.8, 4) is 0 Å². The highest BCUT2D eigenvalue weighted by atomic mass is 16.5. The van der Waals surface area contributed by atoms with Crippen molar-refractivity contribution in [2.45, 2.75) is 33.4 Å². The van der Waals surface area contributed by atoms with Crippen LogP contribution in [0.1, 0.15) is 28.7 Å². The van der Waals surface area contributed by atoms with Crippen LogP contribution in [-0.4, -0.2) is 47.1 Å². The Morgan fingerprint density at radius 1 is 1.09 bits per heavy atom. The molecule has 1 atom stereocenters. The fourth-order valence-electron chi connectivity index (χ4n) is 3.90. The summed E-state index contributed by atoms with van der Waals surface area (Å²) >= 11 is 0. The minimum atomic E-state index is -1.02. The van der Waals surface area contributed by atoms with Crippen LogP contribution in [0.5, 0.6) is 0 Å². The second kappa shape index (κ2) is 10.5. The van der Waals surface area contributed by atoms with Crippen LogP contribution in [0.3, 0.4) is 0 Å². The van der Waals surface area contributed by atoms with Gasteiger partial charge in [-0.15, -0.1) is 5.10 Å². The van der Waals surface area contributed by atoms with Crippen LogP contribution < -0.4 is 10.2 Å². The number of hydrogen-bond acceptors (Lipinski definition) is 6. The summed E-state index contributed by atoms with van der Waals surface area (Å²) in [4.78, 5) is 28.8. The van der Waals surface area contributed by atoms with Gasteiger partial charge in [0, 0.05) is 19.3 Å². The summed E-state index contributed by atoms with van der Waals surface area (Å²) in [6.07, 6.45) is 0. The summed E-state index contributed by atoms with van der Waals surface area (Å²) in [5, 5.41) is 11.2. The maximum absolute atomic E-state index is 13.9. The fourth-order valence-corrected chi connectivity index (χ4v) is 3.90. The van der Waals surface area contributed by atoms with E-state index in [0.717, 1.165) is 16.6 Å². The van der Waals surface area contributed by atoms with Crippen molar-refractivity contribution in [2.24, 2.45) is 0 Å². The average molecular weight is 476 g/mol. The molecule has 0 saturated carbocycles. The van der Waals surface area contributed by atoms with Gasteiger partial charge in [-0.3, -0.25) is 14.5 Å². The molecule has 2 aromatic carbocycles. The third-order valence-corrected chi connectivity index (χ3v) is 5.89. The van der Waals surface area contributed by atoms with Crippen molar-refractivity contribution in [3.05, 3.63) is 77.2 Å². The van der Waals surface area contributed by atoms with Gasteiger partial charge in [-0.2, -0.15) is 0 Å². The van der Waals surface area contributed by atoms with Crippen molar-refractivity contribution >= 4 is 28.5 Å². The van der Waals surface area contributed by atoms with Gasteiger partial charge in [0.1, 0.15) is 23.6 Å². The Morgan fingerprint density at radius 3 is 2.60 bits per heavy atom. The Kier molecular flexibility index (Phi) is 7.26. The summed E-state index contributed by atoms with van der Waals surface area (Å²) < 4.78 is 12.5. The van der Waals surface area contributed by atoms with Crippen molar-refractivity contribution < 1.29 is 18.7 Å². The molecule has 0 bridgehead atoms. The molecule has 0 spiro atoms. The van der Waals surface area contributed by atoms with Crippen LogP contribution in [0.15, 0.2) is 59.0 Å². The summed E-state index contributed by atoms with van der Waals surface area (Å²) in [5.74, 6) is 0.313. The number of nitrogens with one attached hydrogen (secondary N) is 1. The van der Waals surface area contributed by atoms with Crippen LogP contribution in [-0.2, 0) is 20.9 Å². The standard InChI is InChI=1S/C26H29N5O4/c1-17-9-11-20(15-18(17)2)31(24(32)16-30-22-8-6-5-7-21(22)28-29-30)25(23-12-10-19(3)35-23)26(33)27-13-14-34-4/h5-12,15,25H,13-14,16H2,1-4H3,(H,27,33)/t25-/m0/s1. The number of hydrogen-bond donors (Lipinski definition) is 1. The number of aromatic nitrogens is 3. The van der Waals surface area contributed by atoms with Gasteiger partial charge in [-0.05, 0) is 68.3 Å². The number of carbonyl (C=O) groups is 2.